The van der Waals surface area contributed by atoms with Crippen LogP contribution in [0.4, 0.5) is 14.6 Å². The molecular formula is C21H20F2N4O3. The van der Waals surface area contributed by atoms with Gasteiger partial charge in [0.05, 0.1) is 12.0 Å². The maximum atomic E-state index is 14.9. The zero-order valence-electron chi connectivity index (χ0n) is 16.3. The number of nitrogens with two attached hydrogens (primary N) is 1. The Morgan fingerprint density at radius 3 is 2.67 bits per heavy atom. The summed E-state index contributed by atoms with van der Waals surface area (Å²) in [6, 6.07) is 6.43. The third-order valence-electron chi connectivity index (χ3n) is 5.04. The van der Waals surface area contributed by atoms with E-state index in [9.17, 15) is 18.4 Å². The van der Waals surface area contributed by atoms with Crippen molar-refractivity contribution in [2.45, 2.75) is 19.4 Å². The van der Waals surface area contributed by atoms with Crippen molar-refractivity contribution in [2.75, 3.05) is 24.6 Å². The van der Waals surface area contributed by atoms with Crippen LogP contribution < -0.4 is 16.1 Å². The van der Waals surface area contributed by atoms with Gasteiger partial charge in [0.25, 0.3) is 0 Å². The molecule has 0 spiro atoms. The summed E-state index contributed by atoms with van der Waals surface area (Å²) < 4.78 is 34.7. The Balaban J connectivity index is 1.99. The number of esters is 1. The molecule has 1 atom stereocenters. The number of rotatable bonds is 4. The molecule has 0 saturated carbocycles. The molecule has 3 aromatic rings. The predicted octanol–water partition coefficient (Wildman–Crippen LogP) is 2.38. The fraction of sp³-hybridized carbons (Fsp3) is 0.286. The molecule has 2 aromatic heterocycles. The van der Waals surface area contributed by atoms with Crippen LogP contribution in [0.1, 0.15) is 23.7 Å². The minimum absolute atomic E-state index is 0.0744. The van der Waals surface area contributed by atoms with E-state index < -0.39 is 23.0 Å². The van der Waals surface area contributed by atoms with Gasteiger partial charge in [-0.25, -0.2) is 18.6 Å². The van der Waals surface area contributed by atoms with Gasteiger partial charge in [0.2, 0.25) is 5.43 Å². The monoisotopic (exact) mass is 414 g/mol. The number of ether oxygens (including phenoxy) is 1. The number of pyridine rings is 2. The largest absolute Gasteiger partial charge is 0.462 e. The van der Waals surface area contributed by atoms with Crippen LogP contribution in [0.5, 0.6) is 0 Å². The molecule has 1 aliphatic rings. The lowest BCUT2D eigenvalue weighted by molar-refractivity contribution is 0.0524. The van der Waals surface area contributed by atoms with Gasteiger partial charge in [0.15, 0.2) is 17.3 Å². The van der Waals surface area contributed by atoms with E-state index in [2.05, 4.69) is 4.98 Å². The van der Waals surface area contributed by atoms with Crippen LogP contribution in [-0.4, -0.2) is 41.3 Å². The second-order valence-electron chi connectivity index (χ2n) is 7.10. The maximum Gasteiger partial charge on any atom is 0.343 e. The number of halogens is 2. The SMILES string of the molecule is CCOC(=O)c1cn(-c2ccc(F)cc2)c2nc(N3CCC(N)C3)c(F)cc2c1=O. The van der Waals surface area contributed by atoms with E-state index in [1.807, 2.05) is 0 Å². The molecule has 1 aliphatic heterocycles. The minimum Gasteiger partial charge on any atom is -0.462 e. The van der Waals surface area contributed by atoms with Crippen LogP contribution in [0.25, 0.3) is 16.7 Å². The molecule has 0 bridgehead atoms. The van der Waals surface area contributed by atoms with Crippen LogP contribution in [0, 0.1) is 11.6 Å². The molecule has 9 heteroatoms. The molecule has 30 heavy (non-hydrogen) atoms. The summed E-state index contributed by atoms with van der Waals surface area (Å²) >= 11 is 0. The third-order valence-corrected chi connectivity index (χ3v) is 5.04. The number of fused-ring (bicyclic) bond motifs is 1. The number of anilines is 1. The predicted molar refractivity (Wildman–Crippen MR) is 108 cm³/mol. The molecule has 0 aliphatic carbocycles. The third kappa shape index (κ3) is 3.52. The summed E-state index contributed by atoms with van der Waals surface area (Å²) in [6.45, 7) is 2.68. The van der Waals surface area contributed by atoms with E-state index in [0.717, 1.165) is 6.07 Å². The standard InChI is InChI=1S/C21H20F2N4O3/c1-2-30-21(29)16-11-27(14-5-3-12(22)4-6-14)19-15(18(16)28)9-17(23)20(25-19)26-8-7-13(24)10-26/h3-6,9,11,13H,2,7-8,10,24H2,1H3. The Labute approximate surface area is 170 Å². The molecule has 156 valence electrons. The molecule has 1 unspecified atom stereocenters. The van der Waals surface area contributed by atoms with E-state index in [1.165, 1.54) is 35.0 Å². The van der Waals surface area contributed by atoms with E-state index in [1.54, 1.807) is 11.8 Å². The number of benzene rings is 1. The van der Waals surface area contributed by atoms with E-state index in [0.29, 0.717) is 25.2 Å². The van der Waals surface area contributed by atoms with Gasteiger partial charge in [-0.3, -0.25) is 4.79 Å². The van der Waals surface area contributed by atoms with Gasteiger partial charge in [0, 0.05) is 31.0 Å². The van der Waals surface area contributed by atoms with Crippen molar-refractivity contribution >= 4 is 22.8 Å². The number of hydrogen-bond donors (Lipinski definition) is 1. The van der Waals surface area contributed by atoms with Gasteiger partial charge in [-0.05, 0) is 43.7 Å². The van der Waals surface area contributed by atoms with Crippen LogP contribution >= 0.6 is 0 Å². The van der Waals surface area contributed by atoms with Gasteiger partial charge >= 0.3 is 5.97 Å². The second kappa shape index (κ2) is 7.83. The summed E-state index contributed by atoms with van der Waals surface area (Å²) in [4.78, 5) is 31.3. The lowest BCUT2D eigenvalue weighted by Gasteiger charge is -2.20. The van der Waals surface area contributed by atoms with Crippen molar-refractivity contribution in [1.82, 2.24) is 9.55 Å². The number of carbonyl (C=O) groups is 1. The molecule has 1 aromatic carbocycles. The molecule has 0 radical (unpaired) electrons. The van der Waals surface area contributed by atoms with E-state index >= 15 is 0 Å². The Kier molecular flexibility index (Phi) is 5.21. The van der Waals surface area contributed by atoms with Crippen molar-refractivity contribution in [3.63, 3.8) is 0 Å². The van der Waals surface area contributed by atoms with Crippen LogP contribution in [-0.2, 0) is 4.74 Å². The summed E-state index contributed by atoms with van der Waals surface area (Å²) in [6.07, 6.45) is 1.99. The first kappa shape index (κ1) is 20.0. The molecule has 7 nitrogen and oxygen atoms in total. The second-order valence-corrected chi connectivity index (χ2v) is 7.10. The number of carbonyl (C=O) groups excluding carboxylic acids is 1. The molecule has 1 fully saturated rings. The Bertz CT molecular complexity index is 1180. The first-order chi connectivity index (χ1) is 14.4. The smallest absolute Gasteiger partial charge is 0.343 e. The fourth-order valence-corrected chi connectivity index (χ4v) is 3.57. The fourth-order valence-electron chi connectivity index (χ4n) is 3.57. The first-order valence-electron chi connectivity index (χ1n) is 9.58. The molecule has 2 N–H and O–H groups in total. The first-order valence-corrected chi connectivity index (χ1v) is 9.58. The Hall–Kier alpha value is -3.33. The quantitative estimate of drug-likeness (QED) is 0.660. The van der Waals surface area contributed by atoms with Crippen LogP contribution in [0.15, 0.2) is 41.3 Å². The normalized spacial score (nSPS) is 16.3. The maximum absolute atomic E-state index is 14.9. The highest BCUT2D eigenvalue weighted by Crippen LogP contribution is 2.26. The topological polar surface area (TPSA) is 90.5 Å². The average Bonchev–Trinajstić information content (AvgIpc) is 3.15. The summed E-state index contributed by atoms with van der Waals surface area (Å²) in [7, 11) is 0. The number of aromatic nitrogens is 2. The number of nitrogens with zero attached hydrogens (tertiary/aromatic N) is 3. The van der Waals surface area contributed by atoms with Crippen LogP contribution in [0.2, 0.25) is 0 Å². The lowest BCUT2D eigenvalue weighted by atomic mass is 10.1. The summed E-state index contributed by atoms with van der Waals surface area (Å²) in [5.41, 5.74) is 5.59. The van der Waals surface area contributed by atoms with Gasteiger partial charge in [-0.1, -0.05) is 0 Å². The Morgan fingerprint density at radius 2 is 2.03 bits per heavy atom. The Morgan fingerprint density at radius 1 is 1.30 bits per heavy atom. The van der Waals surface area contributed by atoms with Crippen molar-refractivity contribution in [2.24, 2.45) is 5.73 Å². The molecular weight excluding hydrogens is 394 g/mol. The summed E-state index contributed by atoms with van der Waals surface area (Å²) in [5.74, 6) is -1.87. The highest BCUT2D eigenvalue weighted by Gasteiger charge is 2.26. The van der Waals surface area contributed by atoms with Gasteiger partial charge in [-0.2, -0.15) is 0 Å². The average molecular weight is 414 g/mol. The highest BCUT2D eigenvalue weighted by molar-refractivity contribution is 5.93. The van der Waals surface area contributed by atoms with Gasteiger partial charge in [-0.15, -0.1) is 0 Å². The number of hydrogen-bond acceptors (Lipinski definition) is 6. The van der Waals surface area contributed by atoms with Crippen molar-refractivity contribution in [3.05, 3.63) is 63.9 Å². The van der Waals surface area contributed by atoms with E-state index in [-0.39, 0.29) is 35.1 Å². The lowest BCUT2D eigenvalue weighted by Crippen LogP contribution is -2.28. The molecule has 3 heterocycles. The summed E-state index contributed by atoms with van der Waals surface area (Å²) in [5, 5.41) is -0.0744. The highest BCUT2D eigenvalue weighted by atomic mass is 19.1. The van der Waals surface area contributed by atoms with Crippen molar-refractivity contribution < 1.29 is 18.3 Å². The van der Waals surface area contributed by atoms with Crippen molar-refractivity contribution in [3.8, 4) is 5.69 Å². The molecule has 4 rings (SSSR count). The zero-order valence-corrected chi connectivity index (χ0v) is 16.3. The van der Waals surface area contributed by atoms with Gasteiger partial charge < -0.3 is 19.9 Å². The zero-order chi connectivity index (χ0) is 21.4. The van der Waals surface area contributed by atoms with E-state index in [4.69, 9.17) is 10.5 Å². The van der Waals surface area contributed by atoms with Crippen LogP contribution in [0.3, 0.4) is 0 Å². The van der Waals surface area contributed by atoms with Crippen molar-refractivity contribution in [1.29, 1.82) is 0 Å². The molecule has 1 saturated heterocycles. The van der Waals surface area contributed by atoms with Gasteiger partial charge in [0.1, 0.15) is 11.4 Å². The minimum atomic E-state index is -0.824. The molecule has 0 amide bonds.